The summed E-state index contributed by atoms with van der Waals surface area (Å²) in [6, 6.07) is 8.45. The van der Waals surface area contributed by atoms with Crippen molar-refractivity contribution in [3.8, 4) is 5.75 Å². The van der Waals surface area contributed by atoms with E-state index in [2.05, 4.69) is 36.3 Å². The molecule has 0 aliphatic carbocycles. The van der Waals surface area contributed by atoms with E-state index in [1.54, 1.807) is 18.4 Å². The highest BCUT2D eigenvalue weighted by molar-refractivity contribution is 7.09. The van der Waals surface area contributed by atoms with Gasteiger partial charge in [-0.3, -0.25) is 0 Å². The van der Waals surface area contributed by atoms with Crippen molar-refractivity contribution < 1.29 is 4.74 Å². The fourth-order valence-corrected chi connectivity index (χ4v) is 2.71. The quantitative estimate of drug-likeness (QED) is 0.897. The molecule has 2 rings (SSSR count). The summed E-state index contributed by atoms with van der Waals surface area (Å²) in [4.78, 5) is 5.58. The van der Waals surface area contributed by atoms with Crippen molar-refractivity contribution >= 4 is 11.3 Å². The van der Waals surface area contributed by atoms with Crippen LogP contribution in [0.4, 0.5) is 0 Å². The van der Waals surface area contributed by atoms with Crippen molar-refractivity contribution in [2.75, 3.05) is 7.11 Å². The third kappa shape index (κ3) is 3.09. The number of hydrogen-bond donors (Lipinski definition) is 1. The molecule has 0 bridgehead atoms. The van der Waals surface area contributed by atoms with Gasteiger partial charge in [0.1, 0.15) is 5.75 Å². The molecule has 1 aromatic heterocycles. The molecule has 18 heavy (non-hydrogen) atoms. The maximum absolute atomic E-state index is 5.22. The van der Waals surface area contributed by atoms with E-state index in [4.69, 9.17) is 4.74 Å². The smallest absolute Gasteiger partial charge is 0.119 e. The number of hydrogen-bond acceptors (Lipinski definition) is 4. The zero-order valence-corrected chi connectivity index (χ0v) is 11.8. The average molecular weight is 262 g/mol. The number of methoxy groups -OCH3 is 1. The number of thiazole rings is 1. The van der Waals surface area contributed by atoms with Crippen molar-refractivity contribution in [3.63, 3.8) is 0 Å². The van der Waals surface area contributed by atoms with Crippen LogP contribution in [0.1, 0.15) is 29.1 Å². The third-order valence-corrected chi connectivity index (χ3v) is 4.04. The lowest BCUT2D eigenvalue weighted by atomic mass is 10.2. The van der Waals surface area contributed by atoms with Crippen LogP contribution in [0.5, 0.6) is 5.75 Å². The standard InChI is InChI=1S/C14H18N2OS/c1-10(14-11(2)16-9-18-14)15-8-12-5-4-6-13(7-12)17-3/h4-7,9-10,15H,8H2,1-3H3. The maximum Gasteiger partial charge on any atom is 0.119 e. The Kier molecular flexibility index (Phi) is 4.33. The Morgan fingerprint density at radius 3 is 2.94 bits per heavy atom. The third-order valence-electron chi connectivity index (χ3n) is 2.92. The van der Waals surface area contributed by atoms with Gasteiger partial charge in [-0.2, -0.15) is 0 Å². The Morgan fingerprint density at radius 1 is 1.44 bits per heavy atom. The van der Waals surface area contributed by atoms with E-state index >= 15 is 0 Å². The molecule has 2 aromatic rings. The second-order valence-corrected chi connectivity index (χ2v) is 5.14. The van der Waals surface area contributed by atoms with E-state index in [9.17, 15) is 0 Å². The number of aryl methyl sites for hydroxylation is 1. The minimum Gasteiger partial charge on any atom is -0.497 e. The van der Waals surface area contributed by atoms with Gasteiger partial charge in [-0.25, -0.2) is 4.98 Å². The molecular weight excluding hydrogens is 244 g/mol. The van der Waals surface area contributed by atoms with Gasteiger partial charge >= 0.3 is 0 Å². The van der Waals surface area contributed by atoms with Crippen LogP contribution in [0.25, 0.3) is 0 Å². The molecule has 0 spiro atoms. The molecule has 0 aliphatic rings. The number of ether oxygens (including phenoxy) is 1. The zero-order valence-electron chi connectivity index (χ0n) is 10.9. The molecule has 4 heteroatoms. The monoisotopic (exact) mass is 262 g/mol. The summed E-state index contributed by atoms with van der Waals surface area (Å²) >= 11 is 1.70. The van der Waals surface area contributed by atoms with Crippen molar-refractivity contribution in [2.24, 2.45) is 0 Å². The first-order chi connectivity index (χ1) is 8.70. The molecular formula is C14H18N2OS. The molecule has 1 unspecified atom stereocenters. The molecule has 0 aliphatic heterocycles. The Labute approximate surface area is 112 Å². The van der Waals surface area contributed by atoms with Gasteiger partial charge in [0, 0.05) is 17.5 Å². The molecule has 0 radical (unpaired) electrons. The number of rotatable bonds is 5. The Morgan fingerprint density at radius 2 is 2.28 bits per heavy atom. The molecule has 3 nitrogen and oxygen atoms in total. The summed E-state index contributed by atoms with van der Waals surface area (Å²) in [6.07, 6.45) is 0. The molecule has 96 valence electrons. The van der Waals surface area contributed by atoms with E-state index < -0.39 is 0 Å². The van der Waals surface area contributed by atoms with Crippen LogP contribution < -0.4 is 10.1 Å². The average Bonchev–Trinajstić information content (AvgIpc) is 2.82. The van der Waals surface area contributed by atoms with Crippen LogP contribution in [0.15, 0.2) is 29.8 Å². The van der Waals surface area contributed by atoms with E-state index in [-0.39, 0.29) is 0 Å². The van der Waals surface area contributed by atoms with Gasteiger partial charge in [0.15, 0.2) is 0 Å². The van der Waals surface area contributed by atoms with Crippen molar-refractivity contribution in [1.29, 1.82) is 0 Å². The number of nitrogens with one attached hydrogen (secondary N) is 1. The van der Waals surface area contributed by atoms with Gasteiger partial charge < -0.3 is 10.1 Å². The van der Waals surface area contributed by atoms with E-state index in [0.717, 1.165) is 18.0 Å². The number of aromatic nitrogens is 1. The molecule has 0 saturated carbocycles. The lowest BCUT2D eigenvalue weighted by molar-refractivity contribution is 0.414. The van der Waals surface area contributed by atoms with Gasteiger partial charge in [-0.05, 0) is 31.5 Å². The summed E-state index contributed by atoms with van der Waals surface area (Å²) in [6.45, 7) is 5.05. The molecule has 0 saturated heterocycles. The zero-order chi connectivity index (χ0) is 13.0. The summed E-state index contributed by atoms with van der Waals surface area (Å²) in [7, 11) is 1.69. The largest absolute Gasteiger partial charge is 0.497 e. The second-order valence-electron chi connectivity index (χ2n) is 4.26. The SMILES string of the molecule is COc1cccc(CNC(C)c2scnc2C)c1. The number of benzene rings is 1. The maximum atomic E-state index is 5.22. The van der Waals surface area contributed by atoms with Crippen LogP contribution in [0.3, 0.4) is 0 Å². The Balaban J connectivity index is 1.97. The summed E-state index contributed by atoms with van der Waals surface area (Å²) in [5.41, 5.74) is 4.24. The second kappa shape index (κ2) is 5.98. The topological polar surface area (TPSA) is 34.1 Å². The molecule has 1 N–H and O–H groups in total. The highest BCUT2D eigenvalue weighted by atomic mass is 32.1. The van der Waals surface area contributed by atoms with Gasteiger partial charge in [-0.1, -0.05) is 12.1 Å². The summed E-state index contributed by atoms with van der Waals surface area (Å²) < 4.78 is 5.22. The molecule has 0 fully saturated rings. The fraction of sp³-hybridized carbons (Fsp3) is 0.357. The van der Waals surface area contributed by atoms with E-state index in [1.807, 2.05) is 17.6 Å². The van der Waals surface area contributed by atoms with Crippen LogP contribution in [-0.2, 0) is 6.54 Å². The first-order valence-corrected chi connectivity index (χ1v) is 6.85. The lowest BCUT2D eigenvalue weighted by Gasteiger charge is -2.13. The highest BCUT2D eigenvalue weighted by Gasteiger charge is 2.10. The van der Waals surface area contributed by atoms with Gasteiger partial charge in [0.25, 0.3) is 0 Å². The van der Waals surface area contributed by atoms with Gasteiger partial charge in [0.05, 0.1) is 18.3 Å². The predicted molar refractivity (Wildman–Crippen MR) is 75.1 cm³/mol. The van der Waals surface area contributed by atoms with E-state index in [1.165, 1.54) is 10.4 Å². The van der Waals surface area contributed by atoms with Crippen LogP contribution in [0.2, 0.25) is 0 Å². The van der Waals surface area contributed by atoms with Crippen LogP contribution in [-0.4, -0.2) is 12.1 Å². The van der Waals surface area contributed by atoms with Crippen molar-refractivity contribution in [2.45, 2.75) is 26.4 Å². The molecule has 1 atom stereocenters. The minimum absolute atomic E-state index is 0.323. The predicted octanol–water partition coefficient (Wildman–Crippen LogP) is 3.31. The lowest BCUT2D eigenvalue weighted by Crippen LogP contribution is -2.17. The first-order valence-electron chi connectivity index (χ1n) is 5.97. The van der Waals surface area contributed by atoms with Crippen molar-refractivity contribution in [1.82, 2.24) is 10.3 Å². The van der Waals surface area contributed by atoms with Gasteiger partial charge in [-0.15, -0.1) is 11.3 Å². The Bertz CT molecular complexity index is 510. The van der Waals surface area contributed by atoms with Crippen molar-refractivity contribution in [3.05, 3.63) is 45.9 Å². The molecule has 1 heterocycles. The summed E-state index contributed by atoms with van der Waals surface area (Å²) in [5, 5.41) is 3.51. The molecule has 1 aromatic carbocycles. The number of nitrogens with zero attached hydrogens (tertiary/aromatic N) is 1. The van der Waals surface area contributed by atoms with Gasteiger partial charge in [0.2, 0.25) is 0 Å². The Hall–Kier alpha value is -1.39. The molecule has 0 amide bonds. The first kappa shape index (κ1) is 13.1. The van der Waals surface area contributed by atoms with Crippen LogP contribution >= 0.6 is 11.3 Å². The normalized spacial score (nSPS) is 12.4. The minimum atomic E-state index is 0.323. The van der Waals surface area contributed by atoms with E-state index in [0.29, 0.717) is 6.04 Å². The highest BCUT2D eigenvalue weighted by Crippen LogP contribution is 2.21. The fourth-order valence-electron chi connectivity index (χ4n) is 1.87. The summed E-state index contributed by atoms with van der Waals surface area (Å²) in [5.74, 6) is 0.899. The van der Waals surface area contributed by atoms with Crippen LogP contribution in [0, 0.1) is 6.92 Å².